The van der Waals surface area contributed by atoms with Crippen LogP contribution < -0.4 is 5.32 Å². The van der Waals surface area contributed by atoms with Gasteiger partial charge in [0.2, 0.25) is 0 Å². The first-order valence-electron chi connectivity index (χ1n) is 5.87. The molecule has 0 heterocycles. The molecule has 3 heteroatoms. The zero-order valence-corrected chi connectivity index (χ0v) is 10.2. The van der Waals surface area contributed by atoms with E-state index in [1.165, 1.54) is 31.4 Å². The highest BCUT2D eigenvalue weighted by Gasteiger charge is 2.35. The lowest BCUT2D eigenvalue weighted by Crippen LogP contribution is -2.17. The number of nitrogens with one attached hydrogen (secondary N) is 1. The third kappa shape index (κ3) is 3.19. The Bertz CT molecular complexity index is 347. The Morgan fingerprint density at radius 2 is 2.25 bits per heavy atom. The molecule has 1 saturated carbocycles. The van der Waals surface area contributed by atoms with Gasteiger partial charge in [0, 0.05) is 17.6 Å². The van der Waals surface area contributed by atoms with Crippen LogP contribution in [0.2, 0.25) is 5.02 Å². The highest BCUT2D eigenvalue weighted by molar-refractivity contribution is 6.30. The second-order valence-corrected chi connectivity index (χ2v) is 4.99. The van der Waals surface area contributed by atoms with Crippen molar-refractivity contribution in [2.45, 2.75) is 38.8 Å². The van der Waals surface area contributed by atoms with Crippen molar-refractivity contribution in [3.63, 3.8) is 0 Å². The van der Waals surface area contributed by atoms with E-state index >= 15 is 0 Å². The van der Waals surface area contributed by atoms with Gasteiger partial charge in [0.05, 0.1) is 0 Å². The van der Waals surface area contributed by atoms with E-state index in [-0.39, 0.29) is 5.82 Å². The Morgan fingerprint density at radius 3 is 2.94 bits per heavy atom. The molecule has 2 unspecified atom stereocenters. The Hall–Kier alpha value is -0.600. The molecule has 1 fully saturated rings. The molecule has 0 bridgehead atoms. The van der Waals surface area contributed by atoms with Crippen molar-refractivity contribution in [1.29, 1.82) is 0 Å². The first-order valence-corrected chi connectivity index (χ1v) is 6.25. The molecule has 0 radical (unpaired) electrons. The van der Waals surface area contributed by atoms with Crippen molar-refractivity contribution in [2.75, 3.05) is 0 Å². The summed E-state index contributed by atoms with van der Waals surface area (Å²) in [4.78, 5) is 0. The van der Waals surface area contributed by atoms with Crippen LogP contribution in [-0.4, -0.2) is 6.04 Å². The summed E-state index contributed by atoms with van der Waals surface area (Å²) in [7, 11) is 0. The van der Waals surface area contributed by atoms with Crippen molar-refractivity contribution in [1.82, 2.24) is 5.32 Å². The fourth-order valence-corrected chi connectivity index (χ4v) is 2.39. The zero-order valence-electron chi connectivity index (χ0n) is 9.47. The van der Waals surface area contributed by atoms with Gasteiger partial charge < -0.3 is 5.32 Å². The monoisotopic (exact) mass is 241 g/mol. The average molecular weight is 242 g/mol. The summed E-state index contributed by atoms with van der Waals surface area (Å²) in [5, 5.41) is 3.91. The van der Waals surface area contributed by atoms with Gasteiger partial charge in [-0.3, -0.25) is 0 Å². The van der Waals surface area contributed by atoms with Gasteiger partial charge in [0.1, 0.15) is 5.82 Å². The Balaban J connectivity index is 1.82. The van der Waals surface area contributed by atoms with Crippen LogP contribution in [0.1, 0.15) is 31.7 Å². The normalized spacial score (nSPS) is 23.4. The van der Waals surface area contributed by atoms with Crippen LogP contribution in [0.25, 0.3) is 0 Å². The number of benzene rings is 1. The molecule has 0 spiro atoms. The van der Waals surface area contributed by atoms with Gasteiger partial charge >= 0.3 is 0 Å². The van der Waals surface area contributed by atoms with Crippen LogP contribution in [0.3, 0.4) is 0 Å². The summed E-state index contributed by atoms with van der Waals surface area (Å²) in [6, 6.07) is 5.31. The van der Waals surface area contributed by atoms with Crippen molar-refractivity contribution >= 4 is 11.6 Å². The Kier molecular flexibility index (Phi) is 3.82. The number of hydrogen-bond donors (Lipinski definition) is 1. The minimum atomic E-state index is -0.259. The van der Waals surface area contributed by atoms with Gasteiger partial charge in [-0.15, -0.1) is 0 Å². The molecule has 2 atom stereocenters. The van der Waals surface area contributed by atoms with Gasteiger partial charge in [-0.2, -0.15) is 0 Å². The summed E-state index contributed by atoms with van der Waals surface area (Å²) < 4.78 is 13.1. The standard InChI is InChI=1S/C13H17ClFN/c1-2-3-10-6-13(10)16-8-9-4-11(14)7-12(15)5-9/h4-5,7,10,13,16H,2-3,6,8H2,1H3. The van der Waals surface area contributed by atoms with Crippen molar-refractivity contribution in [3.8, 4) is 0 Å². The largest absolute Gasteiger partial charge is 0.310 e. The fraction of sp³-hybridized carbons (Fsp3) is 0.538. The van der Waals surface area contributed by atoms with Crippen LogP contribution in [0.4, 0.5) is 4.39 Å². The van der Waals surface area contributed by atoms with E-state index in [0.29, 0.717) is 17.6 Å². The molecule has 0 aromatic heterocycles. The fourth-order valence-electron chi connectivity index (χ4n) is 2.15. The molecule has 1 aliphatic carbocycles. The van der Waals surface area contributed by atoms with Crippen LogP contribution in [0, 0.1) is 11.7 Å². The van der Waals surface area contributed by atoms with Gasteiger partial charge in [0.15, 0.2) is 0 Å². The maximum absolute atomic E-state index is 13.1. The predicted octanol–water partition coefficient (Wildman–Crippen LogP) is 3.76. The smallest absolute Gasteiger partial charge is 0.125 e. The molecule has 16 heavy (non-hydrogen) atoms. The maximum Gasteiger partial charge on any atom is 0.125 e. The average Bonchev–Trinajstić information content (AvgIpc) is 2.93. The molecular weight excluding hydrogens is 225 g/mol. The van der Waals surface area contributed by atoms with Gasteiger partial charge in [-0.1, -0.05) is 24.9 Å². The lowest BCUT2D eigenvalue weighted by molar-refractivity contribution is 0.592. The lowest BCUT2D eigenvalue weighted by Gasteiger charge is -2.05. The van der Waals surface area contributed by atoms with Crippen LogP contribution in [0.5, 0.6) is 0 Å². The van der Waals surface area contributed by atoms with Crippen molar-refractivity contribution in [2.24, 2.45) is 5.92 Å². The molecule has 2 rings (SSSR count). The van der Waals surface area contributed by atoms with Gasteiger partial charge in [-0.25, -0.2) is 4.39 Å². The second kappa shape index (κ2) is 5.15. The Labute approximate surface area is 101 Å². The van der Waals surface area contributed by atoms with E-state index in [9.17, 15) is 4.39 Å². The molecular formula is C13H17ClFN. The lowest BCUT2D eigenvalue weighted by atomic mass is 10.2. The molecule has 1 aromatic carbocycles. The van der Waals surface area contributed by atoms with E-state index in [4.69, 9.17) is 11.6 Å². The molecule has 1 N–H and O–H groups in total. The predicted molar refractivity (Wildman–Crippen MR) is 65.1 cm³/mol. The quantitative estimate of drug-likeness (QED) is 0.828. The third-order valence-corrected chi connectivity index (χ3v) is 3.29. The molecule has 88 valence electrons. The summed E-state index contributed by atoms with van der Waals surface area (Å²) >= 11 is 5.79. The molecule has 0 saturated heterocycles. The van der Waals surface area contributed by atoms with E-state index in [1.54, 1.807) is 0 Å². The summed E-state index contributed by atoms with van der Waals surface area (Å²) in [6.45, 7) is 2.92. The minimum Gasteiger partial charge on any atom is -0.310 e. The summed E-state index contributed by atoms with van der Waals surface area (Å²) in [5.41, 5.74) is 0.923. The molecule has 1 aliphatic rings. The topological polar surface area (TPSA) is 12.0 Å². The highest BCUT2D eigenvalue weighted by atomic mass is 35.5. The molecule has 0 amide bonds. The first kappa shape index (κ1) is 11.9. The second-order valence-electron chi connectivity index (χ2n) is 4.55. The van der Waals surface area contributed by atoms with Crippen molar-refractivity contribution in [3.05, 3.63) is 34.6 Å². The van der Waals surface area contributed by atoms with E-state index in [1.807, 2.05) is 6.07 Å². The Morgan fingerprint density at radius 1 is 1.44 bits per heavy atom. The van der Waals surface area contributed by atoms with E-state index in [2.05, 4.69) is 12.2 Å². The van der Waals surface area contributed by atoms with Crippen LogP contribution in [0.15, 0.2) is 18.2 Å². The van der Waals surface area contributed by atoms with E-state index < -0.39 is 0 Å². The summed E-state index contributed by atoms with van der Waals surface area (Å²) in [6.07, 6.45) is 3.80. The number of rotatable bonds is 5. The van der Waals surface area contributed by atoms with Crippen molar-refractivity contribution < 1.29 is 4.39 Å². The van der Waals surface area contributed by atoms with Crippen LogP contribution in [-0.2, 0) is 6.54 Å². The van der Waals surface area contributed by atoms with Crippen LogP contribution >= 0.6 is 11.6 Å². The first-order chi connectivity index (χ1) is 7.69. The molecule has 1 aromatic rings. The van der Waals surface area contributed by atoms with E-state index in [0.717, 1.165) is 11.5 Å². The highest BCUT2D eigenvalue weighted by Crippen LogP contribution is 2.34. The number of halogens is 2. The van der Waals surface area contributed by atoms with Gasteiger partial charge in [-0.05, 0) is 42.5 Å². The summed E-state index contributed by atoms with van der Waals surface area (Å²) in [5.74, 6) is 0.569. The third-order valence-electron chi connectivity index (χ3n) is 3.07. The minimum absolute atomic E-state index is 0.259. The maximum atomic E-state index is 13.1. The van der Waals surface area contributed by atoms with Gasteiger partial charge in [0.25, 0.3) is 0 Å². The zero-order chi connectivity index (χ0) is 11.5. The number of hydrogen-bond acceptors (Lipinski definition) is 1. The SMILES string of the molecule is CCCC1CC1NCc1cc(F)cc(Cl)c1. The molecule has 0 aliphatic heterocycles. The molecule has 1 nitrogen and oxygen atoms in total.